The maximum Gasteiger partial charge on any atom is 0.276 e. The first-order valence-electron chi connectivity index (χ1n) is 7.06. The summed E-state index contributed by atoms with van der Waals surface area (Å²) in [6.45, 7) is 5.62. The maximum absolute atomic E-state index is 12.6. The number of oxazole rings is 1. The fourth-order valence-electron chi connectivity index (χ4n) is 2.20. The van der Waals surface area contributed by atoms with Gasteiger partial charge in [0.15, 0.2) is 17.8 Å². The van der Waals surface area contributed by atoms with Crippen LogP contribution in [0.4, 0.5) is 0 Å². The van der Waals surface area contributed by atoms with E-state index < -0.39 is 0 Å². The number of carbonyl (C=O) groups excluding carboxylic acids is 1. The summed E-state index contributed by atoms with van der Waals surface area (Å²) in [6.07, 6.45) is 3.21. The highest BCUT2D eigenvalue weighted by molar-refractivity contribution is 5.97. The highest BCUT2D eigenvalue weighted by Crippen LogP contribution is 2.23. The van der Waals surface area contributed by atoms with Gasteiger partial charge in [-0.2, -0.15) is 0 Å². The van der Waals surface area contributed by atoms with Crippen molar-refractivity contribution < 1.29 is 9.21 Å². The molecule has 0 N–H and O–H groups in total. The molecule has 1 amide bonds. The van der Waals surface area contributed by atoms with E-state index in [0.717, 1.165) is 31.5 Å². The third-order valence-electron chi connectivity index (χ3n) is 3.08. The lowest BCUT2D eigenvalue weighted by atomic mass is 10.1. The summed E-state index contributed by atoms with van der Waals surface area (Å²) in [6, 6.07) is 9.61. The van der Waals surface area contributed by atoms with Crippen molar-refractivity contribution in [3.05, 3.63) is 42.4 Å². The van der Waals surface area contributed by atoms with Gasteiger partial charge in [-0.15, -0.1) is 0 Å². The first-order valence-corrected chi connectivity index (χ1v) is 7.06. The Kier molecular flexibility index (Phi) is 4.93. The van der Waals surface area contributed by atoms with Gasteiger partial charge in [-0.05, 0) is 12.8 Å². The van der Waals surface area contributed by atoms with E-state index >= 15 is 0 Å². The molecule has 0 fully saturated rings. The van der Waals surface area contributed by atoms with Crippen LogP contribution in [0, 0.1) is 0 Å². The van der Waals surface area contributed by atoms with Crippen molar-refractivity contribution in [2.24, 2.45) is 0 Å². The molecule has 0 aliphatic carbocycles. The summed E-state index contributed by atoms with van der Waals surface area (Å²) in [5, 5.41) is 0. The van der Waals surface area contributed by atoms with Crippen molar-refractivity contribution in [1.82, 2.24) is 9.88 Å². The zero-order valence-electron chi connectivity index (χ0n) is 12.0. The molecule has 0 spiro atoms. The second-order valence-electron chi connectivity index (χ2n) is 4.69. The smallest absolute Gasteiger partial charge is 0.276 e. The predicted octanol–water partition coefficient (Wildman–Crippen LogP) is 3.60. The van der Waals surface area contributed by atoms with Gasteiger partial charge in [-0.1, -0.05) is 44.2 Å². The minimum absolute atomic E-state index is 0.0543. The molecule has 4 heteroatoms. The molecule has 1 aromatic heterocycles. The van der Waals surface area contributed by atoms with Crippen LogP contribution in [0.5, 0.6) is 0 Å². The molecule has 4 nitrogen and oxygen atoms in total. The minimum Gasteiger partial charge on any atom is -0.443 e. The van der Waals surface area contributed by atoms with Crippen LogP contribution in [0.25, 0.3) is 11.3 Å². The zero-order chi connectivity index (χ0) is 14.4. The van der Waals surface area contributed by atoms with E-state index in [0.29, 0.717) is 11.5 Å². The average Bonchev–Trinajstić information content (AvgIpc) is 2.96. The number of nitrogens with zero attached hydrogens (tertiary/aromatic N) is 2. The third-order valence-corrected chi connectivity index (χ3v) is 3.08. The number of benzene rings is 1. The largest absolute Gasteiger partial charge is 0.443 e. The van der Waals surface area contributed by atoms with E-state index in [9.17, 15) is 4.79 Å². The number of carbonyl (C=O) groups is 1. The topological polar surface area (TPSA) is 46.3 Å². The second-order valence-corrected chi connectivity index (χ2v) is 4.69. The van der Waals surface area contributed by atoms with Crippen LogP contribution in [0.1, 0.15) is 37.2 Å². The van der Waals surface area contributed by atoms with Crippen LogP contribution < -0.4 is 0 Å². The van der Waals surface area contributed by atoms with Crippen molar-refractivity contribution in [1.29, 1.82) is 0 Å². The minimum atomic E-state index is -0.0543. The molecule has 0 atom stereocenters. The number of rotatable bonds is 6. The second kappa shape index (κ2) is 6.89. The molecule has 1 aromatic carbocycles. The Hall–Kier alpha value is -2.10. The summed E-state index contributed by atoms with van der Waals surface area (Å²) >= 11 is 0. The van der Waals surface area contributed by atoms with Gasteiger partial charge in [0.1, 0.15) is 0 Å². The summed E-state index contributed by atoms with van der Waals surface area (Å²) < 4.78 is 5.42. The SMILES string of the molecule is CCCN(CCC)C(=O)c1ncoc1-c1ccccc1. The van der Waals surface area contributed by atoms with E-state index in [2.05, 4.69) is 18.8 Å². The quantitative estimate of drug-likeness (QED) is 0.807. The lowest BCUT2D eigenvalue weighted by molar-refractivity contribution is 0.0750. The van der Waals surface area contributed by atoms with Crippen LogP contribution in [0.15, 0.2) is 41.1 Å². The van der Waals surface area contributed by atoms with Crippen molar-refractivity contribution in [2.75, 3.05) is 13.1 Å². The third kappa shape index (κ3) is 3.07. The van der Waals surface area contributed by atoms with Gasteiger partial charge < -0.3 is 9.32 Å². The van der Waals surface area contributed by atoms with Gasteiger partial charge in [0.05, 0.1) is 0 Å². The number of amides is 1. The van der Waals surface area contributed by atoms with E-state index in [1.165, 1.54) is 6.39 Å². The molecule has 106 valence electrons. The first-order chi connectivity index (χ1) is 9.77. The molecular weight excluding hydrogens is 252 g/mol. The van der Waals surface area contributed by atoms with Gasteiger partial charge in [0, 0.05) is 18.7 Å². The Bertz CT molecular complexity index is 543. The summed E-state index contributed by atoms with van der Waals surface area (Å²) in [7, 11) is 0. The highest BCUT2D eigenvalue weighted by Gasteiger charge is 2.22. The van der Waals surface area contributed by atoms with Crippen molar-refractivity contribution in [3.63, 3.8) is 0 Å². The van der Waals surface area contributed by atoms with Crippen molar-refractivity contribution in [2.45, 2.75) is 26.7 Å². The van der Waals surface area contributed by atoms with Crippen molar-refractivity contribution in [3.8, 4) is 11.3 Å². The Morgan fingerprint density at radius 1 is 1.15 bits per heavy atom. The molecule has 2 aromatic rings. The lowest BCUT2D eigenvalue weighted by Crippen LogP contribution is -2.33. The van der Waals surface area contributed by atoms with Crippen LogP contribution in [0.3, 0.4) is 0 Å². The molecule has 0 aliphatic heterocycles. The van der Waals surface area contributed by atoms with E-state index in [-0.39, 0.29) is 5.91 Å². The highest BCUT2D eigenvalue weighted by atomic mass is 16.3. The zero-order valence-corrected chi connectivity index (χ0v) is 12.0. The van der Waals surface area contributed by atoms with E-state index in [1.54, 1.807) is 0 Å². The Morgan fingerprint density at radius 2 is 1.80 bits per heavy atom. The number of hydrogen-bond donors (Lipinski definition) is 0. The normalized spacial score (nSPS) is 10.5. The van der Waals surface area contributed by atoms with Crippen LogP contribution in [0.2, 0.25) is 0 Å². The fourth-order valence-corrected chi connectivity index (χ4v) is 2.20. The Balaban J connectivity index is 2.29. The first kappa shape index (κ1) is 14.3. The predicted molar refractivity (Wildman–Crippen MR) is 78.4 cm³/mol. The molecule has 0 saturated carbocycles. The molecule has 0 radical (unpaired) electrons. The summed E-state index contributed by atoms with van der Waals surface area (Å²) in [5.74, 6) is 0.495. The van der Waals surface area contributed by atoms with Crippen LogP contribution in [-0.2, 0) is 0 Å². The molecule has 0 saturated heterocycles. The maximum atomic E-state index is 12.6. The standard InChI is InChI=1S/C16H20N2O2/c1-3-10-18(11-4-2)16(19)14-15(20-12-17-14)13-8-6-5-7-9-13/h5-9,12H,3-4,10-11H2,1-2H3. The Labute approximate surface area is 119 Å². The monoisotopic (exact) mass is 272 g/mol. The molecular formula is C16H20N2O2. The van der Waals surface area contributed by atoms with Gasteiger partial charge >= 0.3 is 0 Å². The Morgan fingerprint density at radius 3 is 2.40 bits per heavy atom. The molecule has 0 aliphatic rings. The van der Waals surface area contributed by atoms with Gasteiger partial charge in [-0.25, -0.2) is 4.98 Å². The van der Waals surface area contributed by atoms with Gasteiger partial charge in [0.25, 0.3) is 5.91 Å². The molecule has 0 bridgehead atoms. The van der Waals surface area contributed by atoms with E-state index in [1.807, 2.05) is 35.2 Å². The van der Waals surface area contributed by atoms with Crippen LogP contribution >= 0.6 is 0 Å². The number of hydrogen-bond acceptors (Lipinski definition) is 3. The summed E-state index contributed by atoms with van der Waals surface area (Å²) in [5.41, 5.74) is 1.28. The molecule has 1 heterocycles. The lowest BCUT2D eigenvalue weighted by Gasteiger charge is -2.20. The van der Waals surface area contributed by atoms with Crippen LogP contribution in [-0.4, -0.2) is 28.9 Å². The molecule has 20 heavy (non-hydrogen) atoms. The molecule has 0 unspecified atom stereocenters. The van der Waals surface area contributed by atoms with E-state index in [4.69, 9.17) is 4.42 Å². The van der Waals surface area contributed by atoms with Crippen molar-refractivity contribution >= 4 is 5.91 Å². The number of aromatic nitrogens is 1. The van der Waals surface area contributed by atoms with Gasteiger partial charge in [-0.3, -0.25) is 4.79 Å². The molecule has 2 rings (SSSR count). The average molecular weight is 272 g/mol. The van der Waals surface area contributed by atoms with Gasteiger partial charge in [0.2, 0.25) is 0 Å². The summed E-state index contributed by atoms with van der Waals surface area (Å²) in [4.78, 5) is 18.5. The fraction of sp³-hybridized carbons (Fsp3) is 0.375.